The van der Waals surface area contributed by atoms with Crippen molar-refractivity contribution in [3.63, 3.8) is 0 Å². The maximum Gasteiger partial charge on any atom is 0.195 e. The molecule has 1 N–H and O–H groups in total. The van der Waals surface area contributed by atoms with Gasteiger partial charge in [-0.2, -0.15) is 0 Å². The Morgan fingerprint density at radius 2 is 1.42 bits per heavy atom. The van der Waals surface area contributed by atoms with E-state index in [9.17, 15) is 5.11 Å². The molecule has 0 aliphatic carbocycles. The molecule has 26 heavy (non-hydrogen) atoms. The van der Waals surface area contributed by atoms with Crippen molar-refractivity contribution < 1.29 is 9.52 Å². The van der Waals surface area contributed by atoms with Gasteiger partial charge in [-0.05, 0) is 24.1 Å². The zero-order valence-electron chi connectivity index (χ0n) is 14.3. The first-order valence-electron chi connectivity index (χ1n) is 8.68. The van der Waals surface area contributed by atoms with Crippen LogP contribution in [0.2, 0.25) is 0 Å². The second kappa shape index (κ2) is 7.28. The maximum atomic E-state index is 9.62. The molecule has 128 valence electrons. The van der Waals surface area contributed by atoms with E-state index in [2.05, 4.69) is 0 Å². The fourth-order valence-electron chi connectivity index (χ4n) is 3.01. The Kier molecular flexibility index (Phi) is 4.52. The summed E-state index contributed by atoms with van der Waals surface area (Å²) in [6.45, 7) is 0. The average molecular weight is 341 g/mol. The fraction of sp³-hybridized carbons (Fsp3) is 0.0870. The molecule has 0 amide bonds. The molecule has 3 aromatic carbocycles. The van der Waals surface area contributed by atoms with Crippen LogP contribution in [0.3, 0.4) is 0 Å². The number of oxazole rings is 1. The smallest absolute Gasteiger partial charge is 0.195 e. The minimum atomic E-state index is 0.282. The van der Waals surface area contributed by atoms with E-state index >= 15 is 0 Å². The fourth-order valence-corrected chi connectivity index (χ4v) is 3.01. The highest BCUT2D eigenvalue weighted by atomic mass is 16.4. The van der Waals surface area contributed by atoms with Crippen molar-refractivity contribution in [3.8, 4) is 28.3 Å². The highest BCUT2D eigenvalue weighted by Crippen LogP contribution is 2.32. The molecule has 0 radical (unpaired) electrons. The molecule has 3 nitrogen and oxygen atoms in total. The topological polar surface area (TPSA) is 46.3 Å². The number of nitrogens with zero attached hydrogens (tertiary/aromatic N) is 1. The zero-order chi connectivity index (χ0) is 17.8. The molecule has 3 heteroatoms. The van der Waals surface area contributed by atoms with E-state index < -0.39 is 0 Å². The van der Waals surface area contributed by atoms with Crippen LogP contribution in [0, 0.1) is 0 Å². The van der Waals surface area contributed by atoms with Gasteiger partial charge in [-0.25, -0.2) is 4.98 Å². The number of phenolic OH excluding ortho intramolecular Hbond substituents is 1. The first-order valence-corrected chi connectivity index (χ1v) is 8.68. The summed E-state index contributed by atoms with van der Waals surface area (Å²) in [7, 11) is 0. The van der Waals surface area contributed by atoms with Crippen LogP contribution < -0.4 is 0 Å². The third kappa shape index (κ3) is 3.52. The largest absolute Gasteiger partial charge is 0.508 e. The Labute approximate surface area is 152 Å². The first kappa shape index (κ1) is 16.2. The lowest BCUT2D eigenvalue weighted by Crippen LogP contribution is -1.91. The van der Waals surface area contributed by atoms with Gasteiger partial charge >= 0.3 is 0 Å². The molecular weight excluding hydrogens is 322 g/mol. The lowest BCUT2D eigenvalue weighted by atomic mass is 10.1. The Hall–Kier alpha value is -3.33. The molecule has 4 rings (SSSR count). The normalized spacial score (nSPS) is 10.8. The maximum absolute atomic E-state index is 9.62. The van der Waals surface area contributed by atoms with Crippen LogP contribution in [-0.4, -0.2) is 10.1 Å². The SMILES string of the molecule is Oc1cccc(CCc2nc(-c3ccccc3)c(-c3ccccc3)o2)c1. The molecule has 0 atom stereocenters. The van der Waals surface area contributed by atoms with Gasteiger partial charge < -0.3 is 9.52 Å². The van der Waals surface area contributed by atoms with Gasteiger partial charge in [0.25, 0.3) is 0 Å². The van der Waals surface area contributed by atoms with Crippen molar-refractivity contribution in [2.75, 3.05) is 0 Å². The van der Waals surface area contributed by atoms with Crippen molar-refractivity contribution in [1.82, 2.24) is 4.98 Å². The van der Waals surface area contributed by atoms with Crippen molar-refractivity contribution in [3.05, 3.63) is 96.4 Å². The second-order valence-electron chi connectivity index (χ2n) is 6.19. The number of aryl methyl sites for hydroxylation is 2. The van der Waals surface area contributed by atoms with Crippen molar-refractivity contribution in [1.29, 1.82) is 0 Å². The molecule has 4 aromatic rings. The Morgan fingerprint density at radius 1 is 0.731 bits per heavy atom. The van der Waals surface area contributed by atoms with Gasteiger partial charge in [-0.1, -0.05) is 72.8 Å². The van der Waals surface area contributed by atoms with Crippen LogP contribution >= 0.6 is 0 Å². The zero-order valence-corrected chi connectivity index (χ0v) is 14.3. The van der Waals surface area contributed by atoms with E-state index in [1.807, 2.05) is 72.8 Å². The number of hydrogen-bond donors (Lipinski definition) is 1. The van der Waals surface area contributed by atoms with E-state index in [0.29, 0.717) is 12.3 Å². The molecular formula is C23H19NO2. The van der Waals surface area contributed by atoms with Crippen LogP contribution in [0.15, 0.2) is 89.3 Å². The minimum Gasteiger partial charge on any atom is -0.508 e. The highest BCUT2D eigenvalue weighted by molar-refractivity contribution is 5.76. The first-order chi connectivity index (χ1) is 12.8. The van der Waals surface area contributed by atoms with Crippen LogP contribution in [0.5, 0.6) is 5.75 Å². The van der Waals surface area contributed by atoms with Crippen LogP contribution in [0.4, 0.5) is 0 Å². The summed E-state index contributed by atoms with van der Waals surface area (Å²) in [5, 5.41) is 9.62. The molecule has 0 fully saturated rings. The molecule has 0 saturated heterocycles. The van der Waals surface area contributed by atoms with Gasteiger partial charge in [0.1, 0.15) is 11.4 Å². The van der Waals surface area contributed by atoms with E-state index in [0.717, 1.165) is 34.6 Å². The van der Waals surface area contributed by atoms with Gasteiger partial charge in [-0.3, -0.25) is 0 Å². The number of hydrogen-bond acceptors (Lipinski definition) is 3. The number of benzene rings is 3. The summed E-state index contributed by atoms with van der Waals surface area (Å²) >= 11 is 0. The summed E-state index contributed by atoms with van der Waals surface area (Å²) in [6.07, 6.45) is 1.44. The molecule has 0 spiro atoms. The van der Waals surface area contributed by atoms with Gasteiger partial charge in [0, 0.05) is 17.5 Å². The molecule has 0 bridgehead atoms. The van der Waals surface area contributed by atoms with Gasteiger partial charge in [0.15, 0.2) is 11.7 Å². The molecule has 0 aliphatic rings. The van der Waals surface area contributed by atoms with Crippen molar-refractivity contribution in [2.45, 2.75) is 12.8 Å². The monoisotopic (exact) mass is 341 g/mol. The average Bonchev–Trinajstić information content (AvgIpc) is 3.12. The predicted molar refractivity (Wildman–Crippen MR) is 103 cm³/mol. The standard InChI is InChI=1S/C23H19NO2/c25-20-13-7-8-17(16-20)14-15-21-24-22(18-9-3-1-4-10-18)23(26-21)19-11-5-2-6-12-19/h1-13,16,25H,14-15H2. The summed E-state index contributed by atoms with van der Waals surface area (Å²) in [6, 6.07) is 27.5. The van der Waals surface area contributed by atoms with Crippen LogP contribution in [0.1, 0.15) is 11.5 Å². The predicted octanol–water partition coefficient (Wildman–Crippen LogP) is 5.50. The summed E-state index contributed by atoms with van der Waals surface area (Å²) in [4.78, 5) is 4.77. The van der Waals surface area contributed by atoms with Gasteiger partial charge in [-0.15, -0.1) is 0 Å². The molecule has 1 aromatic heterocycles. The van der Waals surface area contributed by atoms with Crippen LogP contribution in [-0.2, 0) is 12.8 Å². The Bertz CT molecular complexity index is 934. The van der Waals surface area contributed by atoms with Gasteiger partial charge in [0.05, 0.1) is 0 Å². The number of aromatic nitrogens is 1. The molecule has 0 aliphatic heterocycles. The van der Waals surface area contributed by atoms with E-state index in [-0.39, 0.29) is 5.75 Å². The number of rotatable bonds is 5. The van der Waals surface area contributed by atoms with Gasteiger partial charge in [0.2, 0.25) is 0 Å². The number of aromatic hydroxyl groups is 1. The van der Waals surface area contributed by atoms with Crippen molar-refractivity contribution in [2.24, 2.45) is 0 Å². The Balaban J connectivity index is 1.67. The minimum absolute atomic E-state index is 0.282. The third-order valence-corrected chi connectivity index (χ3v) is 4.29. The molecule has 0 unspecified atom stereocenters. The van der Waals surface area contributed by atoms with E-state index in [1.165, 1.54) is 0 Å². The Morgan fingerprint density at radius 3 is 2.12 bits per heavy atom. The highest BCUT2D eigenvalue weighted by Gasteiger charge is 2.16. The summed E-state index contributed by atoms with van der Waals surface area (Å²) in [5.41, 5.74) is 3.98. The third-order valence-electron chi connectivity index (χ3n) is 4.29. The summed E-state index contributed by atoms with van der Waals surface area (Å²) in [5.74, 6) is 1.78. The summed E-state index contributed by atoms with van der Waals surface area (Å²) < 4.78 is 6.13. The lowest BCUT2D eigenvalue weighted by molar-refractivity contribution is 0.473. The van der Waals surface area contributed by atoms with E-state index in [4.69, 9.17) is 9.40 Å². The van der Waals surface area contributed by atoms with Crippen molar-refractivity contribution >= 4 is 0 Å². The number of phenols is 1. The molecule has 1 heterocycles. The van der Waals surface area contributed by atoms with E-state index in [1.54, 1.807) is 12.1 Å². The quantitative estimate of drug-likeness (QED) is 0.521. The van der Waals surface area contributed by atoms with Crippen LogP contribution in [0.25, 0.3) is 22.6 Å². The lowest BCUT2D eigenvalue weighted by Gasteiger charge is -2.01. The second-order valence-corrected chi connectivity index (χ2v) is 6.19. The molecule has 0 saturated carbocycles.